The number of nitrogens with one attached hydrogen (secondary N) is 1. The quantitative estimate of drug-likeness (QED) is 0.805. The van der Waals surface area contributed by atoms with Crippen LogP contribution < -0.4 is 10.5 Å². The molecule has 0 saturated carbocycles. The molecule has 0 fully saturated rings. The van der Waals surface area contributed by atoms with Gasteiger partial charge in [0.05, 0.1) is 17.7 Å². The van der Waals surface area contributed by atoms with Crippen LogP contribution in [-0.2, 0) is 16.6 Å². The number of aromatic nitrogens is 2. The Kier molecular flexibility index (Phi) is 5.03. The van der Waals surface area contributed by atoms with E-state index in [1.807, 2.05) is 6.92 Å². The van der Waals surface area contributed by atoms with Gasteiger partial charge in [-0.05, 0) is 13.0 Å². The lowest BCUT2D eigenvalue weighted by Gasteiger charge is -2.06. The molecule has 2 rings (SSSR count). The first kappa shape index (κ1) is 15.6. The summed E-state index contributed by atoms with van der Waals surface area (Å²) >= 11 is 1.41. The minimum absolute atomic E-state index is 0.0773. The van der Waals surface area contributed by atoms with Crippen molar-refractivity contribution in [1.29, 1.82) is 0 Å². The van der Waals surface area contributed by atoms with Crippen molar-refractivity contribution in [3.63, 3.8) is 0 Å². The standard InChI is InChI=1S/C13H14N4O2S2/c1-10-13(20-9-16-10)8-17-21(18,19)12-5-11(3-2-4-14)6-15-7-12/h5-7,9,17H,4,8,14H2,1H3. The first-order valence-corrected chi connectivity index (χ1v) is 8.42. The third-order valence-corrected chi connectivity index (χ3v) is 4.93. The van der Waals surface area contributed by atoms with E-state index in [4.69, 9.17) is 5.73 Å². The molecule has 2 aromatic rings. The maximum atomic E-state index is 12.2. The summed E-state index contributed by atoms with van der Waals surface area (Å²) in [6.07, 6.45) is 2.78. The monoisotopic (exact) mass is 322 g/mol. The number of rotatable bonds is 4. The summed E-state index contributed by atoms with van der Waals surface area (Å²) < 4.78 is 27.0. The van der Waals surface area contributed by atoms with Crippen molar-refractivity contribution in [2.45, 2.75) is 18.4 Å². The minimum Gasteiger partial charge on any atom is -0.320 e. The molecule has 6 nitrogen and oxygen atoms in total. The molecule has 0 spiro atoms. The predicted octanol–water partition coefficient (Wildman–Crippen LogP) is 0.635. The highest BCUT2D eigenvalue weighted by atomic mass is 32.2. The lowest BCUT2D eigenvalue weighted by Crippen LogP contribution is -2.23. The average Bonchev–Trinajstić information content (AvgIpc) is 2.89. The molecule has 0 saturated heterocycles. The molecule has 0 aromatic carbocycles. The van der Waals surface area contributed by atoms with Crippen molar-refractivity contribution in [3.8, 4) is 11.8 Å². The molecule has 0 bridgehead atoms. The van der Waals surface area contributed by atoms with Gasteiger partial charge in [0.15, 0.2) is 0 Å². The summed E-state index contributed by atoms with van der Waals surface area (Å²) in [5.74, 6) is 5.42. The molecule has 0 atom stereocenters. The fraction of sp³-hybridized carbons (Fsp3) is 0.231. The van der Waals surface area contributed by atoms with E-state index in [0.29, 0.717) is 5.56 Å². The van der Waals surface area contributed by atoms with Gasteiger partial charge in [0.1, 0.15) is 4.90 Å². The third-order valence-electron chi connectivity index (χ3n) is 2.63. The molecule has 110 valence electrons. The third kappa shape index (κ3) is 4.09. The topological polar surface area (TPSA) is 98.0 Å². The maximum absolute atomic E-state index is 12.2. The van der Waals surface area contributed by atoms with Gasteiger partial charge in [0.25, 0.3) is 0 Å². The second-order valence-corrected chi connectivity index (χ2v) is 6.81. The van der Waals surface area contributed by atoms with Crippen molar-refractivity contribution in [2.75, 3.05) is 6.54 Å². The normalized spacial score (nSPS) is 11.0. The Bertz CT molecular complexity index is 788. The van der Waals surface area contributed by atoms with E-state index < -0.39 is 10.0 Å². The molecular formula is C13H14N4O2S2. The van der Waals surface area contributed by atoms with Crippen LogP contribution in [0.15, 0.2) is 28.9 Å². The fourth-order valence-corrected chi connectivity index (χ4v) is 3.32. The summed E-state index contributed by atoms with van der Waals surface area (Å²) in [6.45, 7) is 2.25. The van der Waals surface area contributed by atoms with Crippen LogP contribution in [0, 0.1) is 18.8 Å². The van der Waals surface area contributed by atoms with Crippen LogP contribution in [0.5, 0.6) is 0 Å². The summed E-state index contributed by atoms with van der Waals surface area (Å²) in [6, 6.07) is 1.47. The van der Waals surface area contributed by atoms with E-state index in [9.17, 15) is 8.42 Å². The summed E-state index contributed by atoms with van der Waals surface area (Å²) in [5.41, 5.74) is 8.30. The van der Waals surface area contributed by atoms with E-state index in [1.165, 1.54) is 29.8 Å². The smallest absolute Gasteiger partial charge is 0.242 e. The highest BCUT2D eigenvalue weighted by Crippen LogP contribution is 2.14. The van der Waals surface area contributed by atoms with Crippen molar-refractivity contribution in [1.82, 2.24) is 14.7 Å². The van der Waals surface area contributed by atoms with E-state index >= 15 is 0 Å². The van der Waals surface area contributed by atoms with Gasteiger partial charge in [-0.25, -0.2) is 18.1 Å². The molecule has 0 aliphatic rings. The van der Waals surface area contributed by atoms with Crippen molar-refractivity contribution in [2.24, 2.45) is 5.73 Å². The maximum Gasteiger partial charge on any atom is 0.242 e. The van der Waals surface area contributed by atoms with Gasteiger partial charge >= 0.3 is 0 Å². The van der Waals surface area contributed by atoms with Gasteiger partial charge in [-0.1, -0.05) is 11.8 Å². The lowest BCUT2D eigenvalue weighted by molar-refractivity contribution is 0.581. The van der Waals surface area contributed by atoms with Crippen LogP contribution in [0.4, 0.5) is 0 Å². The van der Waals surface area contributed by atoms with Gasteiger partial charge in [-0.15, -0.1) is 11.3 Å². The number of aryl methyl sites for hydroxylation is 1. The number of sulfonamides is 1. The highest BCUT2D eigenvalue weighted by Gasteiger charge is 2.15. The molecule has 0 aliphatic heterocycles. The predicted molar refractivity (Wildman–Crippen MR) is 81.0 cm³/mol. The van der Waals surface area contributed by atoms with Gasteiger partial charge in [-0.2, -0.15) is 0 Å². The van der Waals surface area contributed by atoms with Crippen LogP contribution >= 0.6 is 11.3 Å². The zero-order valence-electron chi connectivity index (χ0n) is 11.3. The van der Waals surface area contributed by atoms with Gasteiger partial charge in [-0.3, -0.25) is 4.98 Å². The number of nitrogens with zero attached hydrogens (tertiary/aromatic N) is 2. The van der Waals surface area contributed by atoms with Crippen LogP contribution in [0.3, 0.4) is 0 Å². The molecule has 3 N–H and O–H groups in total. The van der Waals surface area contributed by atoms with Crippen molar-refractivity contribution in [3.05, 3.63) is 40.1 Å². The fourth-order valence-electron chi connectivity index (χ4n) is 1.53. The molecular weight excluding hydrogens is 308 g/mol. The first-order chi connectivity index (χ1) is 10.0. The zero-order valence-corrected chi connectivity index (χ0v) is 13.0. The Hall–Kier alpha value is -1.79. The number of hydrogen-bond acceptors (Lipinski definition) is 6. The first-order valence-electron chi connectivity index (χ1n) is 6.05. The Morgan fingerprint density at radius 1 is 1.43 bits per heavy atom. The molecule has 0 aliphatic carbocycles. The summed E-state index contributed by atoms with van der Waals surface area (Å²) in [7, 11) is -3.63. The Morgan fingerprint density at radius 3 is 2.90 bits per heavy atom. The van der Waals surface area contributed by atoms with Crippen molar-refractivity contribution >= 4 is 21.4 Å². The Morgan fingerprint density at radius 2 is 2.24 bits per heavy atom. The molecule has 0 amide bonds. The van der Waals surface area contributed by atoms with Gasteiger partial charge in [0.2, 0.25) is 10.0 Å². The molecule has 2 heterocycles. The highest BCUT2D eigenvalue weighted by molar-refractivity contribution is 7.89. The van der Waals surface area contributed by atoms with E-state index in [2.05, 4.69) is 26.5 Å². The molecule has 0 unspecified atom stereocenters. The lowest BCUT2D eigenvalue weighted by atomic mass is 10.3. The summed E-state index contributed by atoms with van der Waals surface area (Å²) in [5, 5.41) is 0. The van der Waals surface area contributed by atoms with Gasteiger partial charge in [0, 0.05) is 29.4 Å². The van der Waals surface area contributed by atoms with Crippen LogP contribution in [-0.4, -0.2) is 24.9 Å². The van der Waals surface area contributed by atoms with Crippen LogP contribution in [0.1, 0.15) is 16.1 Å². The Balaban J connectivity index is 2.17. The second-order valence-electron chi connectivity index (χ2n) is 4.10. The summed E-state index contributed by atoms with van der Waals surface area (Å²) in [4.78, 5) is 8.93. The zero-order chi connectivity index (χ0) is 15.3. The molecule has 2 aromatic heterocycles. The number of nitrogens with two attached hydrogens (primary N) is 1. The molecule has 21 heavy (non-hydrogen) atoms. The average molecular weight is 322 g/mol. The number of hydrogen-bond donors (Lipinski definition) is 2. The molecule has 0 radical (unpaired) electrons. The largest absolute Gasteiger partial charge is 0.320 e. The van der Waals surface area contributed by atoms with E-state index in [0.717, 1.165) is 10.6 Å². The SMILES string of the molecule is Cc1ncsc1CNS(=O)(=O)c1cncc(C#CCN)c1. The van der Waals surface area contributed by atoms with E-state index in [-0.39, 0.29) is 18.0 Å². The molecule has 8 heteroatoms. The van der Waals surface area contributed by atoms with Crippen LogP contribution in [0.2, 0.25) is 0 Å². The Labute approximate surface area is 127 Å². The van der Waals surface area contributed by atoms with Crippen molar-refractivity contribution < 1.29 is 8.42 Å². The number of thiazole rings is 1. The van der Waals surface area contributed by atoms with E-state index in [1.54, 1.807) is 5.51 Å². The number of pyridine rings is 1. The van der Waals surface area contributed by atoms with Crippen LogP contribution in [0.25, 0.3) is 0 Å². The van der Waals surface area contributed by atoms with Gasteiger partial charge < -0.3 is 5.73 Å². The second kappa shape index (κ2) is 6.78. The minimum atomic E-state index is -3.63.